The van der Waals surface area contributed by atoms with Crippen molar-refractivity contribution in [2.24, 2.45) is 0 Å². The number of carbonyl (C=O) groups is 1. The number of aliphatic carboxylic acids is 1. The Morgan fingerprint density at radius 2 is 1.79 bits per heavy atom. The maximum atomic E-state index is 11.6. The third kappa shape index (κ3) is 3.10. The van der Waals surface area contributed by atoms with E-state index in [1.807, 2.05) is 30.3 Å². The van der Waals surface area contributed by atoms with Crippen LogP contribution in [0.2, 0.25) is 0 Å². The van der Waals surface area contributed by atoms with Crippen LogP contribution >= 0.6 is 7.60 Å². The fourth-order valence-electron chi connectivity index (χ4n) is 2.60. The lowest BCUT2D eigenvalue weighted by Gasteiger charge is -2.14. The number of nitrogens with zero attached hydrogens (tertiary/aromatic N) is 2. The highest BCUT2D eigenvalue weighted by atomic mass is 31.2. The number of benzene rings is 1. The molecule has 0 saturated heterocycles. The van der Waals surface area contributed by atoms with E-state index in [1.165, 1.54) is 0 Å². The average Bonchev–Trinajstić information content (AvgIpc) is 2.90. The van der Waals surface area contributed by atoms with E-state index in [0.717, 1.165) is 5.56 Å². The minimum Gasteiger partial charge on any atom is -0.481 e. The Morgan fingerprint density at radius 1 is 1.12 bits per heavy atom. The minimum atomic E-state index is -4.80. The third-order valence-corrected chi connectivity index (χ3v) is 4.97. The van der Waals surface area contributed by atoms with E-state index in [4.69, 9.17) is 0 Å². The van der Waals surface area contributed by atoms with Crippen LogP contribution in [0.15, 0.2) is 54.7 Å². The number of pyridine rings is 1. The van der Waals surface area contributed by atoms with Crippen molar-refractivity contribution in [2.75, 3.05) is 0 Å². The molecular formula is C16H15N2O5P. The summed E-state index contributed by atoms with van der Waals surface area (Å²) in [5, 5.41) is 9.22. The Labute approximate surface area is 137 Å². The topological polar surface area (TPSA) is 112 Å². The molecular weight excluding hydrogens is 331 g/mol. The van der Waals surface area contributed by atoms with Gasteiger partial charge in [0, 0.05) is 18.2 Å². The van der Waals surface area contributed by atoms with Crippen molar-refractivity contribution in [3.63, 3.8) is 0 Å². The molecule has 8 heteroatoms. The zero-order valence-corrected chi connectivity index (χ0v) is 13.4. The lowest BCUT2D eigenvalue weighted by Crippen LogP contribution is -2.24. The standard InChI is InChI=1S/C16H15N2O5P/c19-16(20)13(24(21,22)23)10-12-15(11-6-2-1-3-7-11)17-14-8-4-5-9-18(12)14/h1-9,13H,10H2,(H,19,20)(H2,21,22,23). The summed E-state index contributed by atoms with van der Waals surface area (Å²) in [4.78, 5) is 34.6. The van der Waals surface area contributed by atoms with E-state index >= 15 is 0 Å². The summed E-state index contributed by atoms with van der Waals surface area (Å²) in [6.07, 6.45) is 1.37. The highest BCUT2D eigenvalue weighted by Crippen LogP contribution is 2.43. The van der Waals surface area contributed by atoms with Crippen molar-refractivity contribution in [3.05, 3.63) is 60.4 Å². The van der Waals surface area contributed by atoms with Gasteiger partial charge >= 0.3 is 13.6 Å². The number of fused-ring (bicyclic) bond motifs is 1. The fourth-order valence-corrected chi connectivity index (χ4v) is 3.30. The molecule has 124 valence electrons. The summed E-state index contributed by atoms with van der Waals surface area (Å²) >= 11 is 0. The average molecular weight is 346 g/mol. The first kappa shape index (κ1) is 16.4. The van der Waals surface area contributed by atoms with Gasteiger partial charge < -0.3 is 19.3 Å². The second-order valence-corrected chi connectivity index (χ2v) is 7.15. The zero-order valence-electron chi connectivity index (χ0n) is 12.5. The first-order valence-electron chi connectivity index (χ1n) is 7.17. The Kier molecular flexibility index (Phi) is 4.24. The van der Waals surface area contributed by atoms with Crippen molar-refractivity contribution in [1.29, 1.82) is 0 Å². The van der Waals surface area contributed by atoms with Crippen LogP contribution in [0.3, 0.4) is 0 Å². The molecule has 1 unspecified atom stereocenters. The molecule has 0 aliphatic carbocycles. The summed E-state index contributed by atoms with van der Waals surface area (Å²) in [5.41, 5.74) is 0.487. The molecule has 24 heavy (non-hydrogen) atoms. The number of carboxylic acid groups (broad SMARTS) is 1. The van der Waals surface area contributed by atoms with Crippen LogP contribution in [0.4, 0.5) is 0 Å². The van der Waals surface area contributed by atoms with E-state index in [2.05, 4.69) is 4.98 Å². The molecule has 0 spiro atoms. The molecule has 3 aromatic rings. The summed E-state index contributed by atoms with van der Waals surface area (Å²) in [6, 6.07) is 14.4. The first-order chi connectivity index (χ1) is 11.4. The molecule has 0 bridgehead atoms. The van der Waals surface area contributed by atoms with Gasteiger partial charge in [-0.25, -0.2) is 4.98 Å². The molecule has 1 aromatic carbocycles. The van der Waals surface area contributed by atoms with Crippen LogP contribution in [-0.4, -0.2) is 35.9 Å². The van der Waals surface area contributed by atoms with Crippen molar-refractivity contribution in [1.82, 2.24) is 9.38 Å². The molecule has 0 fully saturated rings. The van der Waals surface area contributed by atoms with E-state index in [1.54, 1.807) is 28.8 Å². The van der Waals surface area contributed by atoms with Crippen LogP contribution in [0.25, 0.3) is 16.9 Å². The molecule has 1 atom stereocenters. The minimum absolute atomic E-state index is 0.324. The van der Waals surface area contributed by atoms with E-state index in [0.29, 0.717) is 17.0 Å². The number of imidazole rings is 1. The van der Waals surface area contributed by atoms with E-state index in [9.17, 15) is 24.3 Å². The van der Waals surface area contributed by atoms with E-state index in [-0.39, 0.29) is 6.42 Å². The maximum Gasteiger partial charge on any atom is 0.340 e. The van der Waals surface area contributed by atoms with Crippen LogP contribution < -0.4 is 0 Å². The molecule has 0 radical (unpaired) electrons. The predicted molar refractivity (Wildman–Crippen MR) is 87.8 cm³/mol. The highest BCUT2D eigenvalue weighted by Gasteiger charge is 2.37. The lowest BCUT2D eigenvalue weighted by atomic mass is 10.1. The number of hydrogen-bond donors (Lipinski definition) is 3. The van der Waals surface area contributed by atoms with Crippen molar-refractivity contribution < 1.29 is 24.3 Å². The Bertz CT molecular complexity index is 932. The number of carboxylic acids is 1. The van der Waals surface area contributed by atoms with Gasteiger partial charge in [-0.3, -0.25) is 9.36 Å². The third-order valence-electron chi connectivity index (χ3n) is 3.75. The van der Waals surface area contributed by atoms with Gasteiger partial charge in [-0.15, -0.1) is 0 Å². The summed E-state index contributed by atoms with van der Waals surface area (Å²) in [7, 11) is -4.80. The molecule has 0 aliphatic rings. The second kappa shape index (κ2) is 6.20. The van der Waals surface area contributed by atoms with Crippen LogP contribution in [0.5, 0.6) is 0 Å². The quantitative estimate of drug-likeness (QED) is 0.611. The Hall–Kier alpha value is -2.47. The van der Waals surface area contributed by atoms with Gasteiger partial charge in [-0.05, 0) is 12.1 Å². The molecule has 3 rings (SSSR count). The van der Waals surface area contributed by atoms with Crippen LogP contribution in [0, 0.1) is 0 Å². The molecule has 0 aliphatic heterocycles. The monoisotopic (exact) mass is 346 g/mol. The fraction of sp³-hybridized carbons (Fsp3) is 0.125. The lowest BCUT2D eigenvalue weighted by molar-refractivity contribution is -0.136. The van der Waals surface area contributed by atoms with Gasteiger partial charge in [0.1, 0.15) is 5.65 Å². The largest absolute Gasteiger partial charge is 0.481 e. The molecule has 0 saturated carbocycles. The van der Waals surface area contributed by atoms with Crippen molar-refractivity contribution >= 4 is 19.2 Å². The first-order valence-corrected chi connectivity index (χ1v) is 8.85. The van der Waals surface area contributed by atoms with Gasteiger partial charge in [-0.2, -0.15) is 0 Å². The normalized spacial score (nSPS) is 13.1. The van der Waals surface area contributed by atoms with Crippen LogP contribution in [-0.2, 0) is 15.8 Å². The molecule has 7 nitrogen and oxygen atoms in total. The molecule has 2 aromatic heterocycles. The van der Waals surface area contributed by atoms with Gasteiger partial charge in [0.15, 0.2) is 5.66 Å². The summed E-state index contributed by atoms with van der Waals surface area (Å²) < 4.78 is 13.2. The van der Waals surface area contributed by atoms with E-state index < -0.39 is 19.2 Å². The van der Waals surface area contributed by atoms with Gasteiger partial charge in [0.2, 0.25) is 0 Å². The van der Waals surface area contributed by atoms with Gasteiger partial charge in [0.25, 0.3) is 0 Å². The SMILES string of the molecule is O=C(O)C(Cc1c(-c2ccccc2)nc2ccccn12)P(=O)(O)O. The molecule has 2 heterocycles. The summed E-state index contributed by atoms with van der Waals surface area (Å²) in [5.74, 6) is -1.53. The Morgan fingerprint density at radius 3 is 2.42 bits per heavy atom. The Balaban J connectivity index is 2.18. The number of rotatable bonds is 5. The van der Waals surface area contributed by atoms with Gasteiger partial charge in [-0.1, -0.05) is 36.4 Å². The second-order valence-electron chi connectivity index (χ2n) is 5.35. The zero-order chi connectivity index (χ0) is 17.3. The number of hydrogen-bond acceptors (Lipinski definition) is 3. The van der Waals surface area contributed by atoms with Crippen LogP contribution in [0.1, 0.15) is 5.69 Å². The number of aromatic nitrogens is 2. The molecule has 3 N–H and O–H groups in total. The smallest absolute Gasteiger partial charge is 0.340 e. The van der Waals surface area contributed by atoms with Crippen molar-refractivity contribution in [2.45, 2.75) is 12.1 Å². The maximum absolute atomic E-state index is 11.6. The predicted octanol–water partition coefficient (Wildman–Crippen LogP) is 2.17. The summed E-state index contributed by atoms with van der Waals surface area (Å²) in [6.45, 7) is 0. The highest BCUT2D eigenvalue weighted by molar-refractivity contribution is 7.53. The van der Waals surface area contributed by atoms with Gasteiger partial charge in [0.05, 0.1) is 11.4 Å². The van der Waals surface area contributed by atoms with Crippen molar-refractivity contribution in [3.8, 4) is 11.3 Å². The molecule has 0 amide bonds.